The first-order valence-corrected chi connectivity index (χ1v) is 6.12. The summed E-state index contributed by atoms with van der Waals surface area (Å²) in [4.78, 5) is 21.7. The lowest BCUT2D eigenvalue weighted by Crippen LogP contribution is -2.37. The Morgan fingerprint density at radius 2 is 2.06 bits per heavy atom. The average molecular weight is 232 g/mol. The van der Waals surface area contributed by atoms with Gasteiger partial charge in [-0.1, -0.05) is 0 Å². The summed E-state index contributed by atoms with van der Waals surface area (Å²) < 4.78 is 0. The van der Waals surface area contributed by atoms with Crippen LogP contribution in [-0.2, 0) is 12.8 Å². The lowest BCUT2D eigenvalue weighted by atomic mass is 10.0. The van der Waals surface area contributed by atoms with Gasteiger partial charge in [0.15, 0.2) is 0 Å². The molecular formula is C12H16N4O. The highest BCUT2D eigenvalue weighted by Gasteiger charge is 2.30. The fraction of sp³-hybridized carbons (Fsp3) is 0.583. The fourth-order valence-electron chi connectivity index (χ4n) is 2.48. The zero-order valence-electron chi connectivity index (χ0n) is 9.72. The van der Waals surface area contributed by atoms with Gasteiger partial charge >= 0.3 is 6.03 Å². The van der Waals surface area contributed by atoms with Crippen molar-refractivity contribution in [2.75, 3.05) is 13.1 Å². The van der Waals surface area contributed by atoms with Gasteiger partial charge in [-0.05, 0) is 24.8 Å². The predicted octanol–water partition coefficient (Wildman–Crippen LogP) is 0.833. The van der Waals surface area contributed by atoms with Gasteiger partial charge in [0, 0.05) is 31.1 Å². The molecule has 2 heterocycles. The molecule has 0 spiro atoms. The topological polar surface area (TPSA) is 72.1 Å². The van der Waals surface area contributed by atoms with Gasteiger partial charge in [-0.3, -0.25) is 0 Å². The van der Waals surface area contributed by atoms with Gasteiger partial charge in [0.05, 0.1) is 5.69 Å². The second kappa shape index (κ2) is 3.98. The highest BCUT2D eigenvalue weighted by atomic mass is 16.2. The maximum absolute atomic E-state index is 11.2. The zero-order chi connectivity index (χ0) is 11.8. The molecule has 5 heteroatoms. The number of carbonyl (C=O) groups is 1. The summed E-state index contributed by atoms with van der Waals surface area (Å²) in [5.74, 6) is 0.631. The largest absolute Gasteiger partial charge is 0.351 e. The maximum atomic E-state index is 11.2. The number of aromatic nitrogens is 2. The number of nitrogens with two attached hydrogens (primary N) is 1. The Labute approximate surface area is 100 Å². The Balaban J connectivity index is 1.90. The third-order valence-corrected chi connectivity index (χ3v) is 3.59. The number of hydrogen-bond acceptors (Lipinski definition) is 3. The summed E-state index contributed by atoms with van der Waals surface area (Å²) in [6, 6.07) is -0.335. The number of amides is 2. The van der Waals surface area contributed by atoms with Crippen LogP contribution in [0.3, 0.4) is 0 Å². The van der Waals surface area contributed by atoms with E-state index in [0.717, 1.165) is 18.5 Å². The molecule has 1 saturated carbocycles. The van der Waals surface area contributed by atoms with E-state index in [1.807, 2.05) is 0 Å². The van der Waals surface area contributed by atoms with Crippen molar-refractivity contribution in [2.24, 2.45) is 5.73 Å². The van der Waals surface area contributed by atoms with E-state index in [0.29, 0.717) is 19.0 Å². The molecule has 1 aliphatic carbocycles. The Bertz CT molecular complexity index is 456. The summed E-state index contributed by atoms with van der Waals surface area (Å²) in [6.07, 6.45) is 5.77. The van der Waals surface area contributed by atoms with Gasteiger partial charge in [-0.25, -0.2) is 14.8 Å². The molecule has 1 aliphatic heterocycles. The monoisotopic (exact) mass is 232 g/mol. The standard InChI is InChI=1S/C12H16N4O/c13-12(17)16-5-3-9-10(4-6-16)14-7-15-11(9)8-1-2-8/h7-8H,1-6H2,(H2,13,17). The molecule has 1 aromatic rings. The van der Waals surface area contributed by atoms with Crippen molar-refractivity contribution in [3.8, 4) is 0 Å². The number of urea groups is 1. The van der Waals surface area contributed by atoms with Crippen LogP contribution in [0, 0.1) is 0 Å². The SMILES string of the molecule is NC(=O)N1CCc2ncnc(C3CC3)c2CC1. The van der Waals surface area contributed by atoms with Gasteiger partial charge in [-0.15, -0.1) is 0 Å². The Morgan fingerprint density at radius 3 is 2.76 bits per heavy atom. The second-order valence-electron chi connectivity index (χ2n) is 4.78. The molecule has 0 radical (unpaired) electrons. The molecule has 17 heavy (non-hydrogen) atoms. The molecule has 2 amide bonds. The maximum Gasteiger partial charge on any atom is 0.314 e. The van der Waals surface area contributed by atoms with E-state index in [-0.39, 0.29) is 6.03 Å². The van der Waals surface area contributed by atoms with E-state index in [1.165, 1.54) is 24.1 Å². The summed E-state index contributed by atoms with van der Waals surface area (Å²) in [6.45, 7) is 1.36. The number of rotatable bonds is 1. The molecule has 0 unspecified atom stereocenters. The molecule has 3 rings (SSSR count). The molecule has 0 aromatic carbocycles. The van der Waals surface area contributed by atoms with Crippen LogP contribution in [-0.4, -0.2) is 34.0 Å². The molecular weight excluding hydrogens is 216 g/mol. The van der Waals surface area contributed by atoms with E-state index in [2.05, 4.69) is 9.97 Å². The second-order valence-corrected chi connectivity index (χ2v) is 4.78. The van der Waals surface area contributed by atoms with Gasteiger partial charge < -0.3 is 10.6 Å². The molecule has 0 bridgehead atoms. The minimum atomic E-state index is -0.335. The molecule has 2 aliphatic rings. The van der Waals surface area contributed by atoms with Gasteiger partial charge in [0.25, 0.3) is 0 Å². The molecule has 2 N–H and O–H groups in total. The van der Waals surface area contributed by atoms with Crippen LogP contribution in [0.1, 0.15) is 35.7 Å². The first-order valence-electron chi connectivity index (χ1n) is 6.12. The number of carbonyl (C=O) groups excluding carboxylic acids is 1. The minimum absolute atomic E-state index is 0.335. The highest BCUT2D eigenvalue weighted by molar-refractivity contribution is 5.72. The molecule has 1 aromatic heterocycles. The number of fused-ring (bicyclic) bond motifs is 1. The lowest BCUT2D eigenvalue weighted by Gasteiger charge is -2.16. The van der Waals surface area contributed by atoms with Crippen molar-refractivity contribution in [2.45, 2.75) is 31.6 Å². The summed E-state index contributed by atoms with van der Waals surface area (Å²) >= 11 is 0. The Morgan fingerprint density at radius 1 is 1.29 bits per heavy atom. The Kier molecular flexibility index (Phi) is 2.46. The van der Waals surface area contributed by atoms with Gasteiger partial charge in [0.2, 0.25) is 0 Å². The van der Waals surface area contributed by atoms with Crippen LogP contribution in [0.2, 0.25) is 0 Å². The van der Waals surface area contributed by atoms with E-state index in [9.17, 15) is 4.79 Å². The van der Waals surface area contributed by atoms with Crippen LogP contribution in [0.25, 0.3) is 0 Å². The molecule has 0 atom stereocenters. The smallest absolute Gasteiger partial charge is 0.314 e. The van der Waals surface area contributed by atoms with Crippen LogP contribution in [0.15, 0.2) is 6.33 Å². The Hall–Kier alpha value is -1.65. The number of hydrogen-bond donors (Lipinski definition) is 1. The quantitative estimate of drug-likeness (QED) is 0.779. The number of nitrogens with zero attached hydrogens (tertiary/aromatic N) is 3. The third-order valence-electron chi connectivity index (χ3n) is 3.59. The van der Waals surface area contributed by atoms with Crippen molar-refractivity contribution < 1.29 is 4.79 Å². The highest BCUT2D eigenvalue weighted by Crippen LogP contribution is 2.41. The van der Waals surface area contributed by atoms with Crippen LogP contribution >= 0.6 is 0 Å². The lowest BCUT2D eigenvalue weighted by molar-refractivity contribution is 0.210. The van der Waals surface area contributed by atoms with Crippen LogP contribution < -0.4 is 5.73 Å². The minimum Gasteiger partial charge on any atom is -0.351 e. The normalized spacial score (nSPS) is 19.6. The van der Waals surface area contributed by atoms with E-state index in [4.69, 9.17) is 5.73 Å². The fourth-order valence-corrected chi connectivity index (χ4v) is 2.48. The van der Waals surface area contributed by atoms with Crippen molar-refractivity contribution in [3.05, 3.63) is 23.3 Å². The predicted molar refractivity (Wildman–Crippen MR) is 62.6 cm³/mol. The van der Waals surface area contributed by atoms with Gasteiger partial charge in [0.1, 0.15) is 6.33 Å². The molecule has 5 nitrogen and oxygen atoms in total. The van der Waals surface area contributed by atoms with Crippen molar-refractivity contribution in [3.63, 3.8) is 0 Å². The molecule has 90 valence electrons. The summed E-state index contributed by atoms with van der Waals surface area (Å²) in [5, 5.41) is 0. The first-order chi connectivity index (χ1) is 8.25. The average Bonchev–Trinajstić information content (AvgIpc) is 3.14. The van der Waals surface area contributed by atoms with Crippen LogP contribution in [0.4, 0.5) is 4.79 Å². The van der Waals surface area contributed by atoms with Crippen molar-refractivity contribution >= 4 is 6.03 Å². The molecule has 0 saturated heterocycles. The van der Waals surface area contributed by atoms with E-state index < -0.39 is 0 Å². The van der Waals surface area contributed by atoms with E-state index >= 15 is 0 Å². The van der Waals surface area contributed by atoms with Crippen molar-refractivity contribution in [1.82, 2.24) is 14.9 Å². The van der Waals surface area contributed by atoms with Gasteiger partial charge in [-0.2, -0.15) is 0 Å². The van der Waals surface area contributed by atoms with Crippen LogP contribution in [0.5, 0.6) is 0 Å². The number of primary amides is 1. The summed E-state index contributed by atoms with van der Waals surface area (Å²) in [5.41, 5.74) is 8.91. The van der Waals surface area contributed by atoms with Crippen molar-refractivity contribution in [1.29, 1.82) is 0 Å². The van der Waals surface area contributed by atoms with E-state index in [1.54, 1.807) is 11.2 Å². The third kappa shape index (κ3) is 1.97. The zero-order valence-corrected chi connectivity index (χ0v) is 9.72. The molecule has 1 fully saturated rings. The summed E-state index contributed by atoms with van der Waals surface area (Å²) in [7, 11) is 0. The first kappa shape index (κ1) is 10.5.